The van der Waals surface area contributed by atoms with Crippen LogP contribution >= 0.6 is 11.9 Å². The van der Waals surface area contributed by atoms with Crippen LogP contribution in [-0.2, 0) is 21.8 Å². The number of piperidine rings is 2. The zero-order valence-corrected chi connectivity index (χ0v) is 26.1. The Morgan fingerprint density at radius 2 is 1.89 bits per heavy atom. The molecular weight excluding hydrogens is 574 g/mol. The van der Waals surface area contributed by atoms with Crippen LogP contribution in [0.2, 0.25) is 0 Å². The molecule has 1 atom stereocenters. The largest absolute Gasteiger partial charge is 0.338 e. The quantitative estimate of drug-likeness (QED) is 0.161. The van der Waals surface area contributed by atoms with Gasteiger partial charge in [-0.1, -0.05) is 48.7 Å². The first-order valence-electron chi connectivity index (χ1n) is 15.5. The molecule has 10 heteroatoms. The molecule has 0 aliphatic carbocycles. The van der Waals surface area contributed by atoms with Crippen molar-refractivity contribution in [3.8, 4) is 0 Å². The molecule has 44 heavy (non-hydrogen) atoms. The van der Waals surface area contributed by atoms with E-state index in [4.69, 9.17) is 0 Å². The van der Waals surface area contributed by atoms with Gasteiger partial charge in [0.05, 0.1) is 11.3 Å². The highest BCUT2D eigenvalue weighted by Crippen LogP contribution is 2.40. The average molecular weight is 614 g/mol. The molecule has 3 aromatic rings. The van der Waals surface area contributed by atoms with E-state index in [0.717, 1.165) is 34.3 Å². The topological polar surface area (TPSA) is 111 Å². The fourth-order valence-corrected chi connectivity index (χ4v) is 7.69. The molecule has 6 rings (SSSR count). The molecule has 230 valence electrons. The van der Waals surface area contributed by atoms with Crippen molar-refractivity contribution in [3.63, 3.8) is 0 Å². The monoisotopic (exact) mass is 613 g/mol. The molecular formula is C34H39N5O4S. The number of anilines is 2. The number of benzene rings is 3. The molecule has 3 aliphatic heterocycles. The van der Waals surface area contributed by atoms with Crippen molar-refractivity contribution in [2.75, 3.05) is 23.3 Å². The van der Waals surface area contributed by atoms with Crippen molar-refractivity contribution in [3.05, 3.63) is 71.3 Å². The van der Waals surface area contributed by atoms with Crippen LogP contribution in [0, 0.1) is 0 Å². The maximum Gasteiger partial charge on any atom is 0.319 e. The van der Waals surface area contributed by atoms with E-state index in [9.17, 15) is 19.2 Å². The number of imide groups is 1. The summed E-state index contributed by atoms with van der Waals surface area (Å²) >= 11 is 1.86. The van der Waals surface area contributed by atoms with E-state index in [2.05, 4.69) is 46.2 Å². The number of urea groups is 1. The van der Waals surface area contributed by atoms with Crippen LogP contribution in [0.5, 0.6) is 0 Å². The summed E-state index contributed by atoms with van der Waals surface area (Å²) in [6.45, 7) is 6.21. The summed E-state index contributed by atoms with van der Waals surface area (Å²) in [7, 11) is 0. The van der Waals surface area contributed by atoms with Gasteiger partial charge in [0.25, 0.3) is 5.91 Å². The molecule has 3 heterocycles. The predicted octanol–water partition coefficient (Wildman–Crippen LogP) is 5.77. The number of carbonyl (C=O) groups excluding carboxylic acids is 4. The average Bonchev–Trinajstić information content (AvgIpc) is 3.27. The maximum absolute atomic E-state index is 13.5. The third-order valence-corrected chi connectivity index (χ3v) is 10.3. The first-order valence-corrected chi connectivity index (χ1v) is 16.4. The van der Waals surface area contributed by atoms with Crippen molar-refractivity contribution in [2.45, 2.75) is 76.1 Å². The van der Waals surface area contributed by atoms with Gasteiger partial charge in [-0.3, -0.25) is 24.6 Å². The summed E-state index contributed by atoms with van der Waals surface area (Å²) < 4.78 is 2.50. The lowest BCUT2D eigenvalue weighted by atomic mass is 9.93. The van der Waals surface area contributed by atoms with Gasteiger partial charge in [-0.2, -0.15) is 0 Å². The molecule has 0 aromatic heterocycles. The Balaban J connectivity index is 1.02. The minimum atomic E-state index is -0.703. The Bertz CT molecular complexity index is 1620. The second-order valence-electron chi connectivity index (χ2n) is 12.5. The lowest BCUT2D eigenvalue weighted by Crippen LogP contribution is -2.53. The van der Waals surface area contributed by atoms with Crippen molar-refractivity contribution >= 4 is 57.8 Å². The highest BCUT2D eigenvalue weighted by Gasteiger charge is 2.40. The van der Waals surface area contributed by atoms with Gasteiger partial charge in [-0.25, -0.2) is 9.10 Å². The first-order chi connectivity index (χ1) is 21.2. The molecule has 3 N–H and O–H groups in total. The van der Waals surface area contributed by atoms with Gasteiger partial charge in [0.2, 0.25) is 11.8 Å². The molecule has 2 fully saturated rings. The standard InChI is InChI=1S/C34H39N5O4S/c1-34(2)15-3-4-17-38(34)44-21-23-8-5-11-25(19-23)36-33(43)35-16-7-9-22-18-24-10-6-12-27-30(24)26(20-22)32(42)39(27)28-13-14-29(40)37-31(28)41/h5-6,8,10-12,18-20,28H,3-4,7,9,13-17,21H2,1-2H3,(H2,35,36,43)(H,37,40,41). The maximum atomic E-state index is 13.5. The first kappa shape index (κ1) is 30.1. The number of hydrogen-bond donors (Lipinski definition) is 3. The van der Waals surface area contributed by atoms with Crippen LogP contribution in [0.25, 0.3) is 10.8 Å². The molecule has 0 radical (unpaired) electrons. The summed E-state index contributed by atoms with van der Waals surface area (Å²) in [4.78, 5) is 51.9. The van der Waals surface area contributed by atoms with E-state index >= 15 is 0 Å². The van der Waals surface area contributed by atoms with Crippen LogP contribution < -0.4 is 20.9 Å². The summed E-state index contributed by atoms with van der Waals surface area (Å²) in [6.07, 6.45) is 5.63. The smallest absolute Gasteiger partial charge is 0.319 e. The lowest BCUT2D eigenvalue weighted by molar-refractivity contribution is -0.134. The zero-order chi connectivity index (χ0) is 30.8. The Kier molecular flexibility index (Phi) is 8.64. The summed E-state index contributed by atoms with van der Waals surface area (Å²) in [6, 6.07) is 16.7. The summed E-state index contributed by atoms with van der Waals surface area (Å²) in [5.74, 6) is -0.0940. The lowest BCUT2D eigenvalue weighted by Gasteiger charge is -2.41. The Morgan fingerprint density at radius 3 is 2.70 bits per heavy atom. The van der Waals surface area contributed by atoms with Gasteiger partial charge in [0.1, 0.15) is 6.04 Å². The molecule has 0 spiro atoms. The van der Waals surface area contributed by atoms with E-state index in [1.807, 2.05) is 54.4 Å². The number of amides is 5. The van der Waals surface area contributed by atoms with Crippen molar-refractivity contribution in [1.29, 1.82) is 0 Å². The van der Waals surface area contributed by atoms with E-state index in [1.54, 1.807) is 0 Å². The van der Waals surface area contributed by atoms with Crippen LogP contribution in [0.4, 0.5) is 16.2 Å². The number of carbonyl (C=O) groups is 4. The molecule has 2 saturated heterocycles. The van der Waals surface area contributed by atoms with Crippen LogP contribution in [0.3, 0.4) is 0 Å². The molecule has 0 saturated carbocycles. The van der Waals surface area contributed by atoms with Crippen LogP contribution in [0.1, 0.15) is 73.9 Å². The van der Waals surface area contributed by atoms with E-state index in [-0.39, 0.29) is 29.8 Å². The third-order valence-electron chi connectivity index (χ3n) is 8.82. The van der Waals surface area contributed by atoms with Gasteiger partial charge < -0.3 is 10.6 Å². The molecule has 3 aromatic carbocycles. The molecule has 5 amide bonds. The van der Waals surface area contributed by atoms with E-state index in [1.165, 1.54) is 29.7 Å². The number of nitrogens with one attached hydrogen (secondary N) is 3. The number of rotatable bonds is 9. The second-order valence-corrected chi connectivity index (χ2v) is 13.5. The number of nitrogens with zero attached hydrogens (tertiary/aromatic N) is 2. The molecule has 9 nitrogen and oxygen atoms in total. The van der Waals surface area contributed by atoms with Gasteiger partial charge >= 0.3 is 6.03 Å². The Morgan fingerprint density at radius 1 is 1.05 bits per heavy atom. The number of aryl methyl sites for hydroxylation is 1. The van der Waals surface area contributed by atoms with Crippen molar-refractivity contribution in [1.82, 2.24) is 14.9 Å². The molecule has 3 aliphatic rings. The van der Waals surface area contributed by atoms with Gasteiger partial charge in [0.15, 0.2) is 0 Å². The Hall–Kier alpha value is -3.89. The van der Waals surface area contributed by atoms with Gasteiger partial charge in [0, 0.05) is 41.9 Å². The van der Waals surface area contributed by atoms with Crippen molar-refractivity contribution in [2.24, 2.45) is 0 Å². The van der Waals surface area contributed by atoms with E-state index < -0.39 is 11.9 Å². The predicted molar refractivity (Wildman–Crippen MR) is 175 cm³/mol. The zero-order valence-electron chi connectivity index (χ0n) is 25.3. The van der Waals surface area contributed by atoms with Crippen LogP contribution in [0.15, 0.2) is 54.6 Å². The van der Waals surface area contributed by atoms with Crippen molar-refractivity contribution < 1.29 is 19.2 Å². The minimum absolute atomic E-state index is 0.206. The van der Waals surface area contributed by atoms with Gasteiger partial charge in [-0.05, 0) is 86.7 Å². The number of hydrogen-bond acceptors (Lipinski definition) is 6. The Labute approximate surface area is 262 Å². The molecule has 1 unspecified atom stereocenters. The summed E-state index contributed by atoms with van der Waals surface area (Å²) in [5.41, 5.74) is 4.42. The highest BCUT2D eigenvalue weighted by molar-refractivity contribution is 7.96. The normalized spacial score (nSPS) is 19.7. The minimum Gasteiger partial charge on any atom is -0.338 e. The SMILES string of the molecule is CC1(C)CCCCN1SCc1cccc(NC(=O)NCCCc2cc3c4c(cccc4c2)N(C2CCC(=O)NC2=O)C3=O)c1. The summed E-state index contributed by atoms with van der Waals surface area (Å²) in [5, 5.41) is 10.0. The van der Waals surface area contributed by atoms with E-state index in [0.29, 0.717) is 37.1 Å². The molecule has 0 bridgehead atoms. The fraction of sp³-hybridized carbons (Fsp3) is 0.412. The second kappa shape index (κ2) is 12.6. The third kappa shape index (κ3) is 6.32. The van der Waals surface area contributed by atoms with Gasteiger partial charge in [-0.15, -0.1) is 0 Å². The fourth-order valence-electron chi connectivity index (χ4n) is 6.50. The highest BCUT2D eigenvalue weighted by atomic mass is 32.2. The van der Waals surface area contributed by atoms with Crippen LogP contribution in [-0.4, -0.2) is 52.7 Å².